The average Bonchev–Trinajstić information content (AvgIpc) is 3.08. The number of aryl methyl sites for hydroxylation is 1. The zero-order chi connectivity index (χ0) is 16.8. The van der Waals surface area contributed by atoms with Crippen molar-refractivity contribution in [2.75, 3.05) is 0 Å². The summed E-state index contributed by atoms with van der Waals surface area (Å²) in [5.41, 5.74) is 2.63. The second kappa shape index (κ2) is 7.75. The standard InChI is InChI=1S/C19H18N2O2S/c1-14-6-5-9-16(10-14)23-12-18-21-17(13-24-18)19(22)20-11-15-7-3-2-4-8-15/h2-10,13H,11-12H2,1H3,(H,20,22). The van der Waals surface area contributed by atoms with Crippen LogP contribution in [-0.4, -0.2) is 10.9 Å². The fraction of sp³-hybridized carbons (Fsp3) is 0.158. The molecule has 4 nitrogen and oxygen atoms in total. The minimum Gasteiger partial charge on any atom is -0.486 e. The van der Waals surface area contributed by atoms with Crippen molar-refractivity contribution < 1.29 is 9.53 Å². The molecule has 3 rings (SSSR count). The van der Waals surface area contributed by atoms with Crippen molar-refractivity contribution >= 4 is 17.2 Å². The first-order chi connectivity index (χ1) is 11.7. The van der Waals surface area contributed by atoms with Crippen molar-refractivity contribution in [3.8, 4) is 5.75 Å². The third-order valence-electron chi connectivity index (χ3n) is 3.43. The van der Waals surface area contributed by atoms with Gasteiger partial charge in [-0.15, -0.1) is 11.3 Å². The van der Waals surface area contributed by atoms with Crippen LogP contribution < -0.4 is 10.1 Å². The minimum atomic E-state index is -0.170. The molecule has 0 radical (unpaired) electrons. The first kappa shape index (κ1) is 16.2. The van der Waals surface area contributed by atoms with Crippen molar-refractivity contribution in [1.29, 1.82) is 0 Å². The molecule has 1 heterocycles. The summed E-state index contributed by atoms with van der Waals surface area (Å²) in [6.45, 7) is 2.87. The Bertz CT molecular complexity index is 815. The first-order valence-electron chi connectivity index (χ1n) is 7.67. The van der Waals surface area contributed by atoms with E-state index in [0.29, 0.717) is 18.8 Å². The lowest BCUT2D eigenvalue weighted by molar-refractivity contribution is 0.0946. The highest BCUT2D eigenvalue weighted by atomic mass is 32.1. The zero-order valence-electron chi connectivity index (χ0n) is 13.4. The highest BCUT2D eigenvalue weighted by Crippen LogP contribution is 2.16. The van der Waals surface area contributed by atoms with E-state index < -0.39 is 0 Å². The van der Waals surface area contributed by atoms with E-state index in [1.807, 2.05) is 61.5 Å². The summed E-state index contributed by atoms with van der Waals surface area (Å²) in [5, 5.41) is 5.41. The van der Waals surface area contributed by atoms with Crippen molar-refractivity contribution in [2.24, 2.45) is 0 Å². The lowest BCUT2D eigenvalue weighted by atomic mass is 10.2. The Balaban J connectivity index is 1.53. The molecule has 1 N–H and O–H groups in total. The summed E-state index contributed by atoms with van der Waals surface area (Å²) in [6, 6.07) is 17.7. The lowest BCUT2D eigenvalue weighted by Gasteiger charge is -2.04. The van der Waals surface area contributed by atoms with E-state index in [2.05, 4.69) is 10.3 Å². The van der Waals surface area contributed by atoms with Crippen LogP contribution in [0.15, 0.2) is 60.0 Å². The number of thiazole rings is 1. The first-order valence-corrected chi connectivity index (χ1v) is 8.55. The summed E-state index contributed by atoms with van der Waals surface area (Å²) in [7, 11) is 0. The van der Waals surface area contributed by atoms with Crippen LogP contribution in [0.5, 0.6) is 5.75 Å². The van der Waals surface area contributed by atoms with Gasteiger partial charge < -0.3 is 10.1 Å². The molecule has 122 valence electrons. The number of benzene rings is 2. The van der Waals surface area contributed by atoms with E-state index >= 15 is 0 Å². The van der Waals surface area contributed by atoms with Gasteiger partial charge in [-0.3, -0.25) is 4.79 Å². The zero-order valence-corrected chi connectivity index (χ0v) is 14.2. The highest BCUT2D eigenvalue weighted by molar-refractivity contribution is 7.09. The molecule has 0 saturated heterocycles. The van der Waals surface area contributed by atoms with Crippen molar-refractivity contribution in [3.05, 3.63) is 81.8 Å². The Labute approximate surface area is 145 Å². The van der Waals surface area contributed by atoms with Crippen LogP contribution in [-0.2, 0) is 13.2 Å². The van der Waals surface area contributed by atoms with E-state index in [0.717, 1.165) is 21.9 Å². The normalized spacial score (nSPS) is 10.4. The number of amides is 1. The monoisotopic (exact) mass is 338 g/mol. The van der Waals surface area contributed by atoms with Gasteiger partial charge in [0.05, 0.1) is 0 Å². The molecule has 0 saturated carbocycles. The summed E-state index contributed by atoms with van der Waals surface area (Å²) in [4.78, 5) is 16.5. The Morgan fingerprint density at radius 2 is 2.00 bits per heavy atom. The van der Waals surface area contributed by atoms with E-state index in [1.54, 1.807) is 5.38 Å². The van der Waals surface area contributed by atoms with Crippen molar-refractivity contribution in [2.45, 2.75) is 20.1 Å². The molecule has 0 spiro atoms. The van der Waals surface area contributed by atoms with Gasteiger partial charge in [0, 0.05) is 11.9 Å². The van der Waals surface area contributed by atoms with Gasteiger partial charge in [0.15, 0.2) is 0 Å². The van der Waals surface area contributed by atoms with Gasteiger partial charge in [-0.05, 0) is 30.2 Å². The molecule has 0 bridgehead atoms. The molecular formula is C19H18N2O2S. The maximum absolute atomic E-state index is 12.1. The number of hydrogen-bond donors (Lipinski definition) is 1. The van der Waals surface area contributed by atoms with Crippen LogP contribution in [0.3, 0.4) is 0 Å². The molecule has 1 amide bonds. The van der Waals surface area contributed by atoms with Crippen LogP contribution in [0, 0.1) is 6.92 Å². The molecule has 0 aliphatic heterocycles. The van der Waals surface area contributed by atoms with Gasteiger partial charge in [0.2, 0.25) is 0 Å². The van der Waals surface area contributed by atoms with Gasteiger partial charge in [0.25, 0.3) is 5.91 Å². The fourth-order valence-electron chi connectivity index (χ4n) is 2.20. The number of aromatic nitrogens is 1. The summed E-state index contributed by atoms with van der Waals surface area (Å²) < 4.78 is 5.71. The molecule has 0 unspecified atom stereocenters. The summed E-state index contributed by atoms with van der Waals surface area (Å²) >= 11 is 1.43. The topological polar surface area (TPSA) is 51.2 Å². The molecule has 0 fully saturated rings. The quantitative estimate of drug-likeness (QED) is 0.740. The van der Waals surface area contributed by atoms with Gasteiger partial charge in [-0.25, -0.2) is 4.98 Å². The molecule has 3 aromatic rings. The van der Waals surface area contributed by atoms with Crippen LogP contribution in [0.4, 0.5) is 0 Å². The molecule has 2 aromatic carbocycles. The predicted octanol–water partition coefficient (Wildman–Crippen LogP) is 3.96. The minimum absolute atomic E-state index is 0.170. The van der Waals surface area contributed by atoms with Crippen molar-refractivity contribution in [3.63, 3.8) is 0 Å². The Morgan fingerprint density at radius 3 is 2.79 bits per heavy atom. The third-order valence-corrected chi connectivity index (χ3v) is 4.25. The maximum atomic E-state index is 12.1. The molecule has 5 heteroatoms. The molecule has 24 heavy (non-hydrogen) atoms. The Hall–Kier alpha value is -2.66. The van der Waals surface area contributed by atoms with Crippen LogP contribution >= 0.6 is 11.3 Å². The third kappa shape index (κ3) is 4.43. The SMILES string of the molecule is Cc1cccc(OCc2nc(C(=O)NCc3ccccc3)cs2)c1. The number of carbonyl (C=O) groups excluding carboxylic acids is 1. The molecule has 1 aromatic heterocycles. The molecule has 0 aliphatic carbocycles. The fourth-order valence-corrected chi connectivity index (χ4v) is 2.89. The van der Waals surface area contributed by atoms with Gasteiger partial charge in [0.1, 0.15) is 23.1 Å². The van der Waals surface area contributed by atoms with Crippen molar-refractivity contribution in [1.82, 2.24) is 10.3 Å². The Kier molecular flexibility index (Phi) is 5.23. The van der Waals surface area contributed by atoms with Gasteiger partial charge in [-0.2, -0.15) is 0 Å². The van der Waals surface area contributed by atoms with Gasteiger partial charge in [-0.1, -0.05) is 42.5 Å². The molecular weight excluding hydrogens is 320 g/mol. The number of rotatable bonds is 6. The largest absolute Gasteiger partial charge is 0.486 e. The van der Waals surface area contributed by atoms with Crippen LogP contribution in [0.2, 0.25) is 0 Å². The second-order valence-electron chi connectivity index (χ2n) is 5.40. The maximum Gasteiger partial charge on any atom is 0.271 e. The van der Waals surface area contributed by atoms with Gasteiger partial charge >= 0.3 is 0 Å². The van der Waals surface area contributed by atoms with E-state index in [9.17, 15) is 4.79 Å². The summed E-state index contributed by atoms with van der Waals surface area (Å²) in [6.07, 6.45) is 0. The van der Waals surface area contributed by atoms with Crippen LogP contribution in [0.1, 0.15) is 26.6 Å². The van der Waals surface area contributed by atoms with E-state index in [1.165, 1.54) is 11.3 Å². The average molecular weight is 338 g/mol. The second-order valence-corrected chi connectivity index (χ2v) is 6.34. The summed E-state index contributed by atoms with van der Waals surface area (Å²) in [5.74, 6) is 0.636. The van der Waals surface area contributed by atoms with E-state index in [-0.39, 0.29) is 5.91 Å². The van der Waals surface area contributed by atoms with Crippen LogP contribution in [0.25, 0.3) is 0 Å². The number of nitrogens with zero attached hydrogens (tertiary/aromatic N) is 1. The van der Waals surface area contributed by atoms with E-state index in [4.69, 9.17) is 4.74 Å². The Morgan fingerprint density at radius 1 is 1.17 bits per heavy atom. The predicted molar refractivity (Wildman–Crippen MR) is 95.2 cm³/mol. The highest BCUT2D eigenvalue weighted by Gasteiger charge is 2.11. The number of carbonyl (C=O) groups is 1. The molecule has 0 atom stereocenters. The number of ether oxygens (including phenoxy) is 1. The lowest BCUT2D eigenvalue weighted by Crippen LogP contribution is -2.23. The number of hydrogen-bond acceptors (Lipinski definition) is 4. The molecule has 0 aliphatic rings. The number of nitrogens with one attached hydrogen (secondary N) is 1. The smallest absolute Gasteiger partial charge is 0.271 e.